The third-order valence-electron chi connectivity index (χ3n) is 5.57. The molecule has 0 amide bonds. The van der Waals surface area contributed by atoms with Crippen molar-refractivity contribution in [1.82, 2.24) is 4.57 Å². The Morgan fingerprint density at radius 3 is 1.37 bits per heavy atom. The number of halogens is 6. The van der Waals surface area contributed by atoms with Gasteiger partial charge in [0.2, 0.25) is 6.33 Å². The summed E-state index contributed by atoms with van der Waals surface area (Å²) in [6.07, 6.45) is 8.82. The molecular formula is C24H23F6N2O4S2+. The average Bonchev–Trinajstić information content (AvgIpc) is 3.24. The van der Waals surface area contributed by atoms with E-state index in [9.17, 15) is 43.2 Å². The first kappa shape index (κ1) is 29.4. The number of alkyl halides is 6. The highest BCUT2D eigenvalue weighted by Crippen LogP contribution is 2.45. The minimum atomic E-state index is -6.00. The van der Waals surface area contributed by atoms with E-state index in [-0.39, 0.29) is 0 Å². The van der Waals surface area contributed by atoms with Crippen LogP contribution in [0.1, 0.15) is 19.8 Å². The second-order valence-electron chi connectivity index (χ2n) is 8.32. The van der Waals surface area contributed by atoms with Crippen molar-refractivity contribution in [2.75, 3.05) is 0 Å². The molecule has 0 N–H and O–H groups in total. The molecule has 3 aromatic carbocycles. The van der Waals surface area contributed by atoms with E-state index in [1.807, 2.05) is 7.05 Å². The zero-order valence-corrected chi connectivity index (χ0v) is 21.7. The molecule has 1 heterocycles. The fourth-order valence-electron chi connectivity index (χ4n) is 3.83. The Hall–Kier alpha value is -3.13. The summed E-state index contributed by atoms with van der Waals surface area (Å²) < 4.78 is 132. The van der Waals surface area contributed by atoms with Gasteiger partial charge in [-0.1, -0.05) is 61.9 Å². The standard InChI is InChI=1S/C16H8F6O4S2.C8H15N2/c17-15(18,19)27(23,24)13-9-5-1-2-6-10(9)14(28(25,26)16(20,21)22)12-8-4-3-7-11(12)13;1-3-4-5-10-7-6-9(2)8-10/h1-8H;6-8H,3-5H2,1-2H3/q;+1. The van der Waals surface area contributed by atoms with Crippen molar-refractivity contribution in [2.45, 2.75) is 47.1 Å². The fourth-order valence-corrected chi connectivity index (χ4v) is 6.17. The summed E-state index contributed by atoms with van der Waals surface area (Å²) in [6.45, 7) is 3.36. The van der Waals surface area contributed by atoms with Crippen molar-refractivity contribution in [3.8, 4) is 0 Å². The molecule has 4 rings (SSSR count). The second kappa shape index (κ2) is 10.6. The van der Waals surface area contributed by atoms with Crippen molar-refractivity contribution in [1.29, 1.82) is 0 Å². The van der Waals surface area contributed by atoms with E-state index in [1.54, 1.807) is 0 Å². The molecule has 0 radical (unpaired) electrons. The Kier molecular flexibility index (Phi) is 8.18. The minimum Gasteiger partial charge on any atom is -0.240 e. The monoisotopic (exact) mass is 581 g/mol. The number of hydrogen-bond acceptors (Lipinski definition) is 4. The number of nitrogens with zero attached hydrogens (tertiary/aromatic N) is 2. The number of unbranched alkanes of at least 4 members (excludes halogenated alkanes) is 1. The Morgan fingerprint density at radius 2 is 1.11 bits per heavy atom. The summed E-state index contributed by atoms with van der Waals surface area (Å²) in [6, 6.07) is 7.69. The van der Waals surface area contributed by atoms with Crippen LogP contribution in [-0.4, -0.2) is 32.4 Å². The molecular weight excluding hydrogens is 558 g/mol. The molecule has 6 nitrogen and oxygen atoms in total. The van der Waals surface area contributed by atoms with Crippen LogP contribution in [0.3, 0.4) is 0 Å². The van der Waals surface area contributed by atoms with Crippen molar-refractivity contribution in [3.63, 3.8) is 0 Å². The largest absolute Gasteiger partial charge is 0.501 e. The number of fused-ring (bicyclic) bond motifs is 2. The van der Waals surface area contributed by atoms with Crippen LogP contribution >= 0.6 is 0 Å². The molecule has 0 saturated carbocycles. The summed E-state index contributed by atoms with van der Waals surface area (Å²) in [5.41, 5.74) is -11.5. The molecule has 0 spiro atoms. The molecule has 0 atom stereocenters. The molecule has 0 unspecified atom stereocenters. The quantitative estimate of drug-likeness (QED) is 0.172. The van der Waals surface area contributed by atoms with Crippen molar-refractivity contribution < 1.29 is 47.7 Å². The Bertz CT molecular complexity index is 1520. The van der Waals surface area contributed by atoms with Gasteiger partial charge in [-0.3, -0.25) is 0 Å². The maximum atomic E-state index is 13.2. The van der Waals surface area contributed by atoms with Gasteiger partial charge in [0.1, 0.15) is 12.4 Å². The maximum Gasteiger partial charge on any atom is 0.501 e. The number of aryl methyl sites for hydroxylation is 2. The number of aromatic nitrogens is 2. The van der Waals surface area contributed by atoms with Crippen molar-refractivity contribution >= 4 is 41.2 Å². The van der Waals surface area contributed by atoms with Crippen LogP contribution in [0.4, 0.5) is 26.3 Å². The van der Waals surface area contributed by atoms with Crippen LogP contribution in [0.15, 0.2) is 77.0 Å². The van der Waals surface area contributed by atoms with Gasteiger partial charge in [0.15, 0.2) is 0 Å². The zero-order chi connectivity index (χ0) is 28.5. The van der Waals surface area contributed by atoms with Gasteiger partial charge < -0.3 is 0 Å². The van der Waals surface area contributed by atoms with E-state index in [4.69, 9.17) is 0 Å². The van der Waals surface area contributed by atoms with Gasteiger partial charge in [-0.2, -0.15) is 26.3 Å². The Morgan fingerprint density at radius 1 is 0.737 bits per heavy atom. The van der Waals surface area contributed by atoms with Gasteiger partial charge >= 0.3 is 11.0 Å². The third kappa shape index (κ3) is 5.51. The normalized spacial score (nSPS) is 12.9. The Labute approximate surface area is 215 Å². The van der Waals surface area contributed by atoms with E-state index in [2.05, 4.69) is 34.8 Å². The first-order chi connectivity index (χ1) is 17.5. The molecule has 38 heavy (non-hydrogen) atoms. The summed E-state index contributed by atoms with van der Waals surface area (Å²) >= 11 is 0. The lowest BCUT2D eigenvalue weighted by molar-refractivity contribution is -0.671. The average molecular weight is 582 g/mol. The molecule has 14 heteroatoms. The van der Waals surface area contributed by atoms with Crippen molar-refractivity contribution in [2.24, 2.45) is 7.05 Å². The molecule has 0 aliphatic carbocycles. The number of benzene rings is 3. The van der Waals surface area contributed by atoms with Gasteiger partial charge in [0.25, 0.3) is 19.7 Å². The number of imidazole rings is 1. The maximum absolute atomic E-state index is 13.2. The van der Waals surface area contributed by atoms with Crippen LogP contribution in [0.25, 0.3) is 21.5 Å². The van der Waals surface area contributed by atoms with E-state index in [0.29, 0.717) is 0 Å². The molecule has 0 aliphatic rings. The van der Waals surface area contributed by atoms with Gasteiger partial charge in [0.05, 0.1) is 23.4 Å². The molecule has 206 valence electrons. The van der Waals surface area contributed by atoms with E-state index >= 15 is 0 Å². The first-order valence-corrected chi connectivity index (χ1v) is 14.1. The van der Waals surface area contributed by atoms with Crippen LogP contribution in [0.5, 0.6) is 0 Å². The van der Waals surface area contributed by atoms with Gasteiger partial charge in [-0.15, -0.1) is 0 Å². The van der Waals surface area contributed by atoms with E-state index in [1.165, 1.54) is 12.8 Å². The van der Waals surface area contributed by atoms with E-state index in [0.717, 1.165) is 55.1 Å². The number of sulfone groups is 2. The van der Waals surface area contributed by atoms with Gasteiger partial charge in [-0.25, -0.2) is 26.0 Å². The van der Waals surface area contributed by atoms with Crippen LogP contribution in [-0.2, 0) is 33.3 Å². The molecule has 0 aliphatic heterocycles. The molecule has 0 bridgehead atoms. The highest BCUT2D eigenvalue weighted by molar-refractivity contribution is 7.93. The van der Waals surface area contributed by atoms with E-state index < -0.39 is 62.0 Å². The molecule has 0 saturated heterocycles. The Balaban J connectivity index is 0.000000336. The lowest BCUT2D eigenvalue weighted by Crippen LogP contribution is -2.26. The number of rotatable bonds is 5. The predicted octanol–water partition coefficient (Wildman–Crippen LogP) is 5.69. The molecule has 1 aromatic heterocycles. The van der Waals surface area contributed by atoms with Crippen LogP contribution in [0.2, 0.25) is 0 Å². The topological polar surface area (TPSA) is 77.1 Å². The van der Waals surface area contributed by atoms with Gasteiger partial charge in [0, 0.05) is 21.5 Å². The summed E-state index contributed by atoms with van der Waals surface area (Å²) in [5.74, 6) is 0. The first-order valence-electron chi connectivity index (χ1n) is 11.1. The fraction of sp³-hybridized carbons (Fsp3) is 0.292. The highest BCUT2D eigenvalue weighted by atomic mass is 32.2. The van der Waals surface area contributed by atoms with Crippen LogP contribution in [0, 0.1) is 0 Å². The zero-order valence-electron chi connectivity index (χ0n) is 20.1. The lowest BCUT2D eigenvalue weighted by Gasteiger charge is -2.18. The minimum absolute atomic E-state index is 0.777. The predicted molar refractivity (Wildman–Crippen MR) is 128 cm³/mol. The smallest absolute Gasteiger partial charge is 0.240 e. The summed E-state index contributed by atoms with van der Waals surface area (Å²) in [7, 11) is -9.96. The van der Waals surface area contributed by atoms with Gasteiger partial charge in [-0.05, 0) is 6.42 Å². The highest BCUT2D eigenvalue weighted by Gasteiger charge is 2.51. The van der Waals surface area contributed by atoms with Crippen molar-refractivity contribution in [3.05, 3.63) is 67.3 Å². The molecule has 4 aromatic rings. The van der Waals surface area contributed by atoms with Crippen LogP contribution < -0.4 is 4.57 Å². The SMILES string of the molecule is CCCCn1cc[n+](C)c1.O=S(=O)(c1c2ccccc2c(S(=O)(=O)C(F)(F)F)c2ccccc12)C(F)(F)F. The molecule has 0 fully saturated rings. The summed E-state index contributed by atoms with van der Waals surface area (Å²) in [4.78, 5) is -2.60. The lowest BCUT2D eigenvalue weighted by atomic mass is 10.0. The number of hydrogen-bond donors (Lipinski definition) is 0. The third-order valence-corrected chi connectivity index (χ3v) is 8.75. The summed E-state index contributed by atoms with van der Waals surface area (Å²) in [5, 5.41) is -3.11. The second-order valence-corrected chi connectivity index (χ2v) is 12.1.